The van der Waals surface area contributed by atoms with E-state index in [-0.39, 0.29) is 17.8 Å². The zero-order valence-electron chi connectivity index (χ0n) is 11.8. The van der Waals surface area contributed by atoms with Crippen molar-refractivity contribution >= 4 is 11.6 Å². The molecule has 0 aliphatic heterocycles. The van der Waals surface area contributed by atoms with Gasteiger partial charge in [0.25, 0.3) is 5.91 Å². The Hall–Kier alpha value is -2.76. The van der Waals surface area contributed by atoms with Crippen molar-refractivity contribution in [1.29, 1.82) is 0 Å². The molecule has 6 heteroatoms. The van der Waals surface area contributed by atoms with Gasteiger partial charge in [0.05, 0.1) is 0 Å². The first-order valence-corrected chi connectivity index (χ1v) is 6.70. The second kappa shape index (κ2) is 5.55. The molecule has 1 amide bonds. The zero-order chi connectivity index (χ0) is 15.7. The number of rotatable bonds is 3. The van der Waals surface area contributed by atoms with E-state index in [4.69, 9.17) is 0 Å². The first-order valence-electron chi connectivity index (χ1n) is 6.70. The smallest absolute Gasteiger partial charge is 0.271 e. The van der Waals surface area contributed by atoms with Crippen molar-refractivity contribution in [3.63, 3.8) is 0 Å². The predicted molar refractivity (Wildman–Crippen MR) is 77.5 cm³/mol. The van der Waals surface area contributed by atoms with Crippen molar-refractivity contribution in [3.05, 3.63) is 71.2 Å². The molecule has 0 atom stereocenters. The maximum atomic E-state index is 13.5. The molecule has 1 N–H and O–H groups in total. The van der Waals surface area contributed by atoms with Crippen LogP contribution < -0.4 is 5.32 Å². The summed E-state index contributed by atoms with van der Waals surface area (Å²) in [4.78, 5) is 16.3. The molecule has 0 unspecified atom stereocenters. The van der Waals surface area contributed by atoms with Crippen molar-refractivity contribution in [2.75, 3.05) is 0 Å². The molecule has 22 heavy (non-hydrogen) atoms. The first-order chi connectivity index (χ1) is 10.5. The van der Waals surface area contributed by atoms with Crippen LogP contribution in [0.1, 0.15) is 21.6 Å². The van der Waals surface area contributed by atoms with Gasteiger partial charge >= 0.3 is 0 Å². The zero-order valence-corrected chi connectivity index (χ0v) is 11.8. The number of imidazole rings is 1. The number of hydrogen-bond donors (Lipinski definition) is 1. The Morgan fingerprint density at radius 2 is 2.09 bits per heavy atom. The molecule has 2 aromatic heterocycles. The van der Waals surface area contributed by atoms with Crippen LogP contribution in [0.4, 0.5) is 8.78 Å². The summed E-state index contributed by atoms with van der Waals surface area (Å²) in [5.74, 6) is -1.55. The van der Waals surface area contributed by atoms with Gasteiger partial charge in [0.1, 0.15) is 23.0 Å². The molecule has 0 aliphatic rings. The summed E-state index contributed by atoms with van der Waals surface area (Å²) >= 11 is 0. The Bertz CT molecular complexity index is 858. The molecule has 4 nitrogen and oxygen atoms in total. The molecule has 3 aromatic rings. The minimum absolute atomic E-state index is 0.0907. The van der Waals surface area contributed by atoms with Crippen molar-refractivity contribution in [3.8, 4) is 0 Å². The van der Waals surface area contributed by atoms with Gasteiger partial charge in [-0.05, 0) is 42.8 Å². The van der Waals surface area contributed by atoms with E-state index >= 15 is 0 Å². The highest BCUT2D eigenvalue weighted by Gasteiger charge is 2.12. The number of aromatic nitrogens is 2. The quantitative estimate of drug-likeness (QED) is 0.808. The van der Waals surface area contributed by atoms with Crippen molar-refractivity contribution in [2.45, 2.75) is 13.5 Å². The minimum Gasteiger partial charge on any atom is -0.346 e. The molecule has 0 radical (unpaired) electrons. The molecule has 2 heterocycles. The van der Waals surface area contributed by atoms with Crippen LogP contribution in [-0.2, 0) is 6.54 Å². The summed E-state index contributed by atoms with van der Waals surface area (Å²) in [5, 5.41) is 2.54. The van der Waals surface area contributed by atoms with Crippen LogP contribution in [-0.4, -0.2) is 15.3 Å². The highest BCUT2D eigenvalue weighted by Crippen LogP contribution is 2.11. The van der Waals surface area contributed by atoms with E-state index in [0.29, 0.717) is 5.65 Å². The molecule has 0 saturated heterocycles. The third-order valence-electron chi connectivity index (χ3n) is 3.30. The number of benzene rings is 1. The molecule has 3 rings (SSSR count). The van der Waals surface area contributed by atoms with Gasteiger partial charge in [-0.15, -0.1) is 0 Å². The lowest BCUT2D eigenvalue weighted by Crippen LogP contribution is -2.23. The van der Waals surface area contributed by atoms with Crippen LogP contribution in [0.3, 0.4) is 0 Å². The van der Waals surface area contributed by atoms with Crippen LogP contribution in [0.25, 0.3) is 5.65 Å². The van der Waals surface area contributed by atoms with E-state index in [9.17, 15) is 13.6 Å². The van der Waals surface area contributed by atoms with Crippen molar-refractivity contribution < 1.29 is 13.6 Å². The summed E-state index contributed by atoms with van der Waals surface area (Å²) in [7, 11) is 0. The third kappa shape index (κ3) is 2.81. The highest BCUT2D eigenvalue weighted by molar-refractivity contribution is 5.92. The molecule has 0 bridgehead atoms. The van der Waals surface area contributed by atoms with Gasteiger partial charge in [-0.1, -0.05) is 0 Å². The van der Waals surface area contributed by atoms with Crippen LogP contribution in [0.15, 0.2) is 42.7 Å². The molecule has 1 aromatic carbocycles. The molecule has 0 fully saturated rings. The van der Waals surface area contributed by atoms with Crippen LogP contribution in [0, 0.1) is 18.6 Å². The number of nitrogens with zero attached hydrogens (tertiary/aromatic N) is 2. The van der Waals surface area contributed by atoms with E-state index in [2.05, 4.69) is 10.3 Å². The summed E-state index contributed by atoms with van der Waals surface area (Å²) in [5.41, 5.74) is 2.00. The summed E-state index contributed by atoms with van der Waals surface area (Å²) in [6.07, 6.45) is 3.40. The number of hydrogen-bond acceptors (Lipinski definition) is 2. The van der Waals surface area contributed by atoms with Crippen molar-refractivity contribution in [2.24, 2.45) is 0 Å². The van der Waals surface area contributed by atoms with E-state index in [0.717, 1.165) is 23.8 Å². The Labute approximate surface area is 125 Å². The minimum atomic E-state index is -0.563. The average molecular weight is 301 g/mol. The van der Waals surface area contributed by atoms with Gasteiger partial charge in [0, 0.05) is 24.5 Å². The summed E-state index contributed by atoms with van der Waals surface area (Å²) < 4.78 is 28.3. The Morgan fingerprint density at radius 1 is 1.27 bits per heavy atom. The van der Waals surface area contributed by atoms with E-state index in [1.807, 2.05) is 19.1 Å². The second-order valence-electron chi connectivity index (χ2n) is 5.01. The number of pyridine rings is 1. The topological polar surface area (TPSA) is 46.4 Å². The average Bonchev–Trinajstić information content (AvgIpc) is 2.91. The third-order valence-corrected chi connectivity index (χ3v) is 3.30. The molecule has 0 aliphatic carbocycles. The van der Waals surface area contributed by atoms with E-state index in [1.165, 1.54) is 0 Å². The maximum absolute atomic E-state index is 13.5. The van der Waals surface area contributed by atoms with E-state index in [1.54, 1.807) is 16.8 Å². The molecule has 112 valence electrons. The molecule has 0 spiro atoms. The number of amides is 1. The number of fused-ring (bicyclic) bond motifs is 1. The number of carbonyl (C=O) groups is 1. The first kappa shape index (κ1) is 14.2. The molecule has 0 saturated carbocycles. The number of aryl methyl sites for hydroxylation is 1. The van der Waals surface area contributed by atoms with Crippen LogP contribution >= 0.6 is 0 Å². The lowest BCUT2D eigenvalue weighted by atomic mass is 10.2. The summed E-state index contributed by atoms with van der Waals surface area (Å²) in [6, 6.07) is 6.87. The highest BCUT2D eigenvalue weighted by atomic mass is 19.1. The Balaban J connectivity index is 1.77. The fourth-order valence-corrected chi connectivity index (χ4v) is 2.14. The number of nitrogens with one attached hydrogen (secondary N) is 1. The largest absolute Gasteiger partial charge is 0.346 e. The van der Waals surface area contributed by atoms with Gasteiger partial charge in [-0.2, -0.15) is 0 Å². The fraction of sp³-hybridized carbons (Fsp3) is 0.125. The Kier molecular flexibility index (Phi) is 3.58. The maximum Gasteiger partial charge on any atom is 0.271 e. The molecular formula is C16H13F2N3O. The lowest BCUT2D eigenvalue weighted by Gasteiger charge is -2.04. The fourth-order valence-electron chi connectivity index (χ4n) is 2.14. The Morgan fingerprint density at radius 3 is 2.91 bits per heavy atom. The van der Waals surface area contributed by atoms with Gasteiger partial charge in [-0.25, -0.2) is 13.8 Å². The standard InChI is InChI=1S/C16H13F2N3O/c1-10-4-5-21-9-14(20-15(21)6-10)16(22)19-8-11-7-12(17)2-3-13(11)18/h2-7,9H,8H2,1H3,(H,19,22). The van der Waals surface area contributed by atoms with E-state index < -0.39 is 17.5 Å². The second-order valence-corrected chi connectivity index (χ2v) is 5.01. The van der Waals surface area contributed by atoms with Gasteiger partial charge in [0.2, 0.25) is 0 Å². The van der Waals surface area contributed by atoms with Gasteiger partial charge < -0.3 is 9.72 Å². The van der Waals surface area contributed by atoms with Gasteiger partial charge in [0.15, 0.2) is 0 Å². The number of halogens is 2. The summed E-state index contributed by atoms with van der Waals surface area (Å²) in [6.45, 7) is 1.83. The van der Waals surface area contributed by atoms with Crippen molar-refractivity contribution in [1.82, 2.24) is 14.7 Å². The van der Waals surface area contributed by atoms with Gasteiger partial charge in [-0.3, -0.25) is 4.79 Å². The molecular weight excluding hydrogens is 288 g/mol. The van der Waals surface area contributed by atoms with Crippen LogP contribution in [0.5, 0.6) is 0 Å². The predicted octanol–water partition coefficient (Wildman–Crippen LogP) is 2.85. The SMILES string of the molecule is Cc1ccn2cc(C(=O)NCc3cc(F)ccc3F)nc2c1. The lowest BCUT2D eigenvalue weighted by molar-refractivity contribution is 0.0946. The monoisotopic (exact) mass is 301 g/mol. The van der Waals surface area contributed by atoms with Crippen LogP contribution in [0.2, 0.25) is 0 Å². The number of carbonyl (C=O) groups excluding carboxylic acids is 1. The normalized spacial score (nSPS) is 10.9.